The maximum atomic E-state index is 13.4. The van der Waals surface area contributed by atoms with Crippen LogP contribution in [0, 0.1) is 25.7 Å². The molecule has 5 unspecified atom stereocenters. The third-order valence-corrected chi connectivity index (χ3v) is 8.87. The maximum Gasteiger partial charge on any atom is 0.317 e. The van der Waals surface area contributed by atoms with Crippen molar-refractivity contribution in [3.05, 3.63) is 65.0 Å². The molecule has 198 valence electrons. The number of halogens is 2. The van der Waals surface area contributed by atoms with Crippen LogP contribution in [0.15, 0.2) is 42.5 Å². The second-order valence-corrected chi connectivity index (χ2v) is 11.4. The fourth-order valence-corrected chi connectivity index (χ4v) is 7.33. The summed E-state index contributed by atoms with van der Waals surface area (Å²) in [6.45, 7) is 5.49. The number of carbonyl (C=O) groups is 1. The second-order valence-electron chi connectivity index (χ2n) is 11.4. The number of fused-ring (bicyclic) bond motifs is 2. The van der Waals surface area contributed by atoms with Crippen molar-refractivity contribution in [3.63, 3.8) is 0 Å². The molecule has 1 aliphatic carbocycles. The minimum Gasteiger partial charge on any atom is -0.335 e. The van der Waals surface area contributed by atoms with Gasteiger partial charge in [0.15, 0.2) is 0 Å². The summed E-state index contributed by atoms with van der Waals surface area (Å²) in [6.07, 6.45) is -0.517. The van der Waals surface area contributed by atoms with Crippen LogP contribution in [-0.4, -0.2) is 71.5 Å². The summed E-state index contributed by atoms with van der Waals surface area (Å²) in [4.78, 5) is 21.7. The topological polar surface area (TPSA) is 72.5 Å². The molecule has 0 spiro atoms. The normalized spacial score (nSPS) is 33.9. The first kappa shape index (κ1) is 24.7. The van der Waals surface area contributed by atoms with Gasteiger partial charge in [0, 0.05) is 49.0 Å². The second kappa shape index (κ2) is 9.93. The van der Waals surface area contributed by atoms with E-state index >= 15 is 0 Å². The van der Waals surface area contributed by atoms with Crippen molar-refractivity contribution in [1.82, 2.24) is 31.0 Å². The summed E-state index contributed by atoms with van der Waals surface area (Å²) in [5.41, 5.74) is 11.4. The molecule has 6 rings (SSSR count). The number of urea groups is 1. The molecule has 0 bridgehead atoms. The summed E-state index contributed by atoms with van der Waals surface area (Å²) >= 11 is 0. The van der Waals surface area contributed by atoms with E-state index in [1.807, 2.05) is 41.8 Å². The molecule has 3 aliphatic heterocycles. The first-order valence-corrected chi connectivity index (χ1v) is 13.4. The van der Waals surface area contributed by atoms with Crippen molar-refractivity contribution in [2.75, 3.05) is 26.2 Å². The van der Waals surface area contributed by atoms with Crippen LogP contribution < -0.4 is 16.2 Å². The molecule has 9 heteroatoms. The fourth-order valence-electron chi connectivity index (χ4n) is 7.33. The zero-order valence-corrected chi connectivity index (χ0v) is 21.4. The smallest absolute Gasteiger partial charge is 0.317 e. The Kier molecular flexibility index (Phi) is 6.63. The lowest BCUT2D eigenvalue weighted by Crippen LogP contribution is -2.63. The van der Waals surface area contributed by atoms with Gasteiger partial charge in [0.2, 0.25) is 0 Å². The number of rotatable bonds is 5. The summed E-state index contributed by atoms with van der Waals surface area (Å²) in [5.74, 6) is 0.736. The van der Waals surface area contributed by atoms with E-state index in [1.165, 1.54) is 5.56 Å². The molecule has 3 saturated heterocycles. The van der Waals surface area contributed by atoms with Crippen molar-refractivity contribution in [2.45, 2.75) is 63.2 Å². The number of hydrazine groups is 1. The largest absolute Gasteiger partial charge is 0.335 e. The van der Waals surface area contributed by atoms with E-state index in [0.717, 1.165) is 29.8 Å². The number of aromatic nitrogens is 1. The number of nitrogens with one attached hydrogen (secondary N) is 3. The van der Waals surface area contributed by atoms with Crippen LogP contribution in [0.2, 0.25) is 0 Å². The van der Waals surface area contributed by atoms with Gasteiger partial charge < -0.3 is 10.2 Å². The van der Waals surface area contributed by atoms with Crippen LogP contribution in [0.3, 0.4) is 0 Å². The van der Waals surface area contributed by atoms with Crippen LogP contribution in [0.4, 0.5) is 13.6 Å². The van der Waals surface area contributed by atoms with Gasteiger partial charge in [-0.15, -0.1) is 0 Å². The predicted octanol–water partition coefficient (Wildman–Crippen LogP) is 3.37. The van der Waals surface area contributed by atoms with Gasteiger partial charge in [0.1, 0.15) is 0 Å². The molecule has 7 atom stereocenters. The van der Waals surface area contributed by atoms with Crippen LogP contribution >= 0.6 is 0 Å². The predicted molar refractivity (Wildman–Crippen MR) is 137 cm³/mol. The Labute approximate surface area is 217 Å². The number of amides is 2. The molecule has 37 heavy (non-hydrogen) atoms. The molecular formula is C28H36F2N6O. The van der Waals surface area contributed by atoms with Gasteiger partial charge in [-0.1, -0.05) is 30.3 Å². The van der Waals surface area contributed by atoms with Crippen LogP contribution in [-0.2, 0) is 0 Å². The van der Waals surface area contributed by atoms with Gasteiger partial charge in [-0.3, -0.25) is 15.3 Å². The van der Waals surface area contributed by atoms with E-state index in [4.69, 9.17) is 0 Å². The molecule has 1 aromatic heterocycles. The fraction of sp³-hybridized carbons (Fsp3) is 0.571. The number of pyridine rings is 1. The van der Waals surface area contributed by atoms with E-state index in [2.05, 4.69) is 45.4 Å². The van der Waals surface area contributed by atoms with Gasteiger partial charge in [-0.05, 0) is 61.8 Å². The van der Waals surface area contributed by atoms with Crippen LogP contribution in [0.5, 0.6) is 0 Å². The molecule has 2 amide bonds. The molecular weight excluding hydrogens is 474 g/mol. The van der Waals surface area contributed by atoms with Gasteiger partial charge in [0.25, 0.3) is 6.43 Å². The number of likely N-dealkylation sites (tertiary alicyclic amines) is 1. The molecule has 3 N–H and O–H groups in total. The Balaban J connectivity index is 1.22. The molecule has 4 fully saturated rings. The number of carbonyl (C=O) groups excluding carboxylic acids is 1. The highest BCUT2D eigenvalue weighted by atomic mass is 19.3. The molecule has 2 aromatic rings. The molecule has 0 radical (unpaired) electrons. The highest BCUT2D eigenvalue weighted by Crippen LogP contribution is 2.43. The Morgan fingerprint density at radius 1 is 0.973 bits per heavy atom. The summed E-state index contributed by atoms with van der Waals surface area (Å²) in [7, 11) is 0. The molecule has 7 nitrogen and oxygen atoms in total. The summed E-state index contributed by atoms with van der Waals surface area (Å²) in [6, 6.07) is 14.8. The number of nitrogens with zero attached hydrogens (tertiary/aromatic N) is 3. The SMILES string of the molecule is Cc1cc(C2NNC3CC4NC(=O)N([C@@H]5CN(CC(F)F)C[C@H]5c5ccccc5)CC4CC32)cc(C)n1. The van der Waals surface area contributed by atoms with E-state index in [9.17, 15) is 13.6 Å². The third-order valence-electron chi connectivity index (χ3n) is 8.87. The standard InChI is InChI=1S/C28H36F2N6O/c1-16-8-19(9-17(2)31-16)27-21-10-20-12-36(28(37)32-23(20)11-24(21)33-34-27)25-14-35(15-26(29)30)13-22(25)18-6-4-3-5-7-18/h3-9,20-27,33-34H,10-15H2,1-2H3,(H,32,37)/t20?,21?,22-,23?,24?,25+,27?/m0/s1. The molecule has 1 saturated carbocycles. The van der Waals surface area contributed by atoms with Crippen molar-refractivity contribution in [3.8, 4) is 0 Å². The minimum absolute atomic E-state index is 0.0175. The lowest BCUT2D eigenvalue weighted by atomic mass is 9.71. The monoisotopic (exact) mass is 510 g/mol. The quantitative estimate of drug-likeness (QED) is 0.576. The number of benzene rings is 1. The van der Waals surface area contributed by atoms with E-state index in [-0.39, 0.29) is 42.7 Å². The first-order chi connectivity index (χ1) is 17.9. The van der Waals surface area contributed by atoms with Crippen LogP contribution in [0.1, 0.15) is 47.3 Å². The summed E-state index contributed by atoms with van der Waals surface area (Å²) < 4.78 is 26.6. The molecule has 4 aliphatic rings. The van der Waals surface area contributed by atoms with Gasteiger partial charge >= 0.3 is 6.03 Å². The average molecular weight is 511 g/mol. The highest BCUT2D eigenvalue weighted by molar-refractivity contribution is 5.76. The average Bonchev–Trinajstić information content (AvgIpc) is 3.45. The molecule has 1 aromatic carbocycles. The Morgan fingerprint density at radius 2 is 1.73 bits per heavy atom. The van der Waals surface area contributed by atoms with E-state index < -0.39 is 6.43 Å². The third kappa shape index (κ3) is 4.84. The zero-order chi connectivity index (χ0) is 25.7. The van der Waals surface area contributed by atoms with Crippen molar-refractivity contribution in [1.29, 1.82) is 0 Å². The number of hydrogen-bond donors (Lipinski definition) is 3. The lowest BCUT2D eigenvalue weighted by molar-refractivity contribution is 0.0729. The lowest BCUT2D eigenvalue weighted by Gasteiger charge is -2.48. The highest BCUT2D eigenvalue weighted by Gasteiger charge is 2.50. The van der Waals surface area contributed by atoms with Gasteiger partial charge in [0.05, 0.1) is 18.6 Å². The van der Waals surface area contributed by atoms with Crippen molar-refractivity contribution >= 4 is 6.03 Å². The van der Waals surface area contributed by atoms with Crippen molar-refractivity contribution in [2.24, 2.45) is 11.8 Å². The summed E-state index contributed by atoms with van der Waals surface area (Å²) in [5, 5.41) is 3.30. The maximum absolute atomic E-state index is 13.4. The zero-order valence-electron chi connectivity index (χ0n) is 21.4. The Hall–Kier alpha value is -2.62. The first-order valence-electron chi connectivity index (χ1n) is 13.4. The van der Waals surface area contributed by atoms with Crippen molar-refractivity contribution < 1.29 is 13.6 Å². The minimum atomic E-state index is -2.38. The number of aryl methyl sites for hydroxylation is 2. The van der Waals surface area contributed by atoms with Gasteiger partial charge in [-0.2, -0.15) is 0 Å². The van der Waals surface area contributed by atoms with Crippen LogP contribution in [0.25, 0.3) is 0 Å². The Bertz CT molecular complexity index is 1110. The number of alkyl halides is 2. The van der Waals surface area contributed by atoms with Gasteiger partial charge in [-0.25, -0.2) is 19.0 Å². The number of hydrogen-bond acceptors (Lipinski definition) is 5. The van der Waals surface area contributed by atoms with E-state index in [0.29, 0.717) is 31.5 Å². The Morgan fingerprint density at radius 3 is 2.46 bits per heavy atom. The molecule has 4 heterocycles. The van der Waals surface area contributed by atoms with E-state index in [1.54, 1.807) is 0 Å².